The highest BCUT2D eigenvalue weighted by Crippen LogP contribution is 2.22. The fraction of sp³-hybridized carbons (Fsp3) is 0.440. The maximum absolute atomic E-state index is 13.7. The third-order valence-corrected chi connectivity index (χ3v) is 6.75. The molecule has 10 heteroatoms. The number of rotatable bonds is 12. The van der Waals surface area contributed by atoms with E-state index in [0.717, 1.165) is 33.8 Å². The third-order valence-electron chi connectivity index (χ3n) is 5.55. The van der Waals surface area contributed by atoms with E-state index >= 15 is 0 Å². The zero-order valence-corrected chi connectivity index (χ0v) is 21.4. The zero-order chi connectivity index (χ0) is 26.2. The summed E-state index contributed by atoms with van der Waals surface area (Å²) in [5, 5.41) is 2.77. The van der Waals surface area contributed by atoms with Crippen molar-refractivity contribution in [3.8, 4) is 0 Å². The molecule has 0 heterocycles. The van der Waals surface area contributed by atoms with Gasteiger partial charge in [-0.2, -0.15) is 0 Å². The van der Waals surface area contributed by atoms with Crippen LogP contribution in [0, 0.1) is 18.6 Å². The van der Waals surface area contributed by atoms with Crippen molar-refractivity contribution in [1.29, 1.82) is 0 Å². The Kier molecular flexibility index (Phi) is 10.2. The van der Waals surface area contributed by atoms with Crippen LogP contribution in [0.2, 0.25) is 0 Å². The summed E-state index contributed by atoms with van der Waals surface area (Å²) >= 11 is 0. The number of carbonyl (C=O) groups excluding carboxylic acids is 2. The molecule has 0 aliphatic rings. The lowest BCUT2D eigenvalue weighted by molar-refractivity contribution is -0.141. The molecule has 0 aromatic heterocycles. The van der Waals surface area contributed by atoms with Gasteiger partial charge >= 0.3 is 0 Å². The summed E-state index contributed by atoms with van der Waals surface area (Å²) < 4.78 is 52.5. The number of nitrogens with one attached hydrogen (secondary N) is 1. The molecular formula is C25H33F2N3O4S. The van der Waals surface area contributed by atoms with Gasteiger partial charge in [0.05, 0.1) is 11.9 Å². The molecule has 0 radical (unpaired) electrons. The Bertz CT molecular complexity index is 1120. The van der Waals surface area contributed by atoms with E-state index in [1.54, 1.807) is 6.92 Å². The number of amides is 2. The molecule has 192 valence electrons. The fourth-order valence-corrected chi connectivity index (χ4v) is 4.70. The van der Waals surface area contributed by atoms with E-state index in [0.29, 0.717) is 13.0 Å². The third kappa shape index (κ3) is 8.02. The van der Waals surface area contributed by atoms with E-state index in [2.05, 4.69) is 5.32 Å². The summed E-state index contributed by atoms with van der Waals surface area (Å²) in [6.07, 6.45) is 1.47. The number of hydrogen-bond acceptors (Lipinski definition) is 4. The summed E-state index contributed by atoms with van der Waals surface area (Å²) in [6.45, 7) is 6.13. The van der Waals surface area contributed by atoms with Crippen LogP contribution >= 0.6 is 0 Å². The van der Waals surface area contributed by atoms with Crippen LogP contribution in [0.5, 0.6) is 0 Å². The van der Waals surface area contributed by atoms with Gasteiger partial charge in [-0.1, -0.05) is 36.8 Å². The Labute approximate surface area is 206 Å². The summed E-state index contributed by atoms with van der Waals surface area (Å²) in [5.74, 6) is -2.80. The molecule has 0 fully saturated rings. The summed E-state index contributed by atoms with van der Waals surface area (Å²) in [6, 6.07) is 9.81. The molecule has 0 saturated heterocycles. The molecular weight excluding hydrogens is 476 g/mol. The maximum Gasteiger partial charge on any atom is 0.242 e. The normalized spacial score (nSPS) is 12.2. The molecule has 1 unspecified atom stereocenters. The number of halogens is 2. The summed E-state index contributed by atoms with van der Waals surface area (Å²) in [7, 11) is -3.80. The van der Waals surface area contributed by atoms with Crippen molar-refractivity contribution in [2.45, 2.75) is 52.6 Å². The number of likely N-dealkylation sites (N-methyl/N-ethyl adjacent to an activating group) is 1. The van der Waals surface area contributed by atoms with Crippen molar-refractivity contribution >= 4 is 27.5 Å². The monoisotopic (exact) mass is 509 g/mol. The van der Waals surface area contributed by atoms with Crippen molar-refractivity contribution in [2.24, 2.45) is 0 Å². The number of carbonyl (C=O) groups is 2. The summed E-state index contributed by atoms with van der Waals surface area (Å²) in [4.78, 5) is 27.4. The second-order valence-electron chi connectivity index (χ2n) is 8.36. The quantitative estimate of drug-likeness (QED) is 0.472. The molecule has 35 heavy (non-hydrogen) atoms. The smallest absolute Gasteiger partial charge is 0.242 e. The first-order valence-electron chi connectivity index (χ1n) is 11.5. The molecule has 0 spiro atoms. The minimum absolute atomic E-state index is 0.0240. The lowest BCUT2D eigenvalue weighted by atomic mass is 10.1. The van der Waals surface area contributed by atoms with E-state index in [1.807, 2.05) is 38.1 Å². The number of hydrogen-bond donors (Lipinski definition) is 1. The van der Waals surface area contributed by atoms with Crippen LogP contribution in [0.25, 0.3) is 0 Å². The Hall–Kier alpha value is -3.01. The molecule has 2 aromatic rings. The van der Waals surface area contributed by atoms with Crippen molar-refractivity contribution in [3.63, 3.8) is 0 Å². The average Bonchev–Trinajstić information content (AvgIpc) is 2.79. The van der Waals surface area contributed by atoms with Crippen molar-refractivity contribution in [2.75, 3.05) is 23.7 Å². The van der Waals surface area contributed by atoms with E-state index < -0.39 is 27.7 Å². The molecule has 1 N–H and O–H groups in total. The van der Waals surface area contributed by atoms with Gasteiger partial charge in [0.15, 0.2) is 11.6 Å². The highest BCUT2D eigenvalue weighted by molar-refractivity contribution is 7.92. The van der Waals surface area contributed by atoms with E-state index in [-0.39, 0.29) is 43.4 Å². The van der Waals surface area contributed by atoms with Gasteiger partial charge in [-0.3, -0.25) is 13.9 Å². The molecule has 0 aliphatic heterocycles. The molecule has 0 saturated carbocycles. The number of anilines is 1. The first-order valence-corrected chi connectivity index (χ1v) is 13.4. The van der Waals surface area contributed by atoms with Gasteiger partial charge in [0, 0.05) is 32.1 Å². The van der Waals surface area contributed by atoms with Gasteiger partial charge in [0.1, 0.15) is 6.04 Å². The number of sulfonamides is 1. The van der Waals surface area contributed by atoms with Gasteiger partial charge in [-0.25, -0.2) is 17.2 Å². The Balaban J connectivity index is 2.21. The van der Waals surface area contributed by atoms with Crippen molar-refractivity contribution < 1.29 is 26.8 Å². The Morgan fingerprint density at radius 2 is 1.69 bits per heavy atom. The molecule has 7 nitrogen and oxygen atoms in total. The topological polar surface area (TPSA) is 86.8 Å². The first-order chi connectivity index (χ1) is 16.5. The lowest BCUT2D eigenvalue weighted by Crippen LogP contribution is -2.49. The van der Waals surface area contributed by atoms with Crippen LogP contribution in [0.4, 0.5) is 14.5 Å². The van der Waals surface area contributed by atoms with Crippen LogP contribution < -0.4 is 9.62 Å². The van der Waals surface area contributed by atoms with Gasteiger partial charge in [0.25, 0.3) is 0 Å². The van der Waals surface area contributed by atoms with E-state index in [1.165, 1.54) is 11.0 Å². The second kappa shape index (κ2) is 12.6. The predicted molar refractivity (Wildman–Crippen MR) is 132 cm³/mol. The van der Waals surface area contributed by atoms with Crippen molar-refractivity contribution in [3.05, 3.63) is 65.2 Å². The van der Waals surface area contributed by atoms with Crippen LogP contribution in [0.1, 0.15) is 44.2 Å². The minimum Gasteiger partial charge on any atom is -0.355 e. The molecule has 0 bridgehead atoms. The van der Waals surface area contributed by atoms with E-state index in [9.17, 15) is 26.8 Å². The summed E-state index contributed by atoms with van der Waals surface area (Å²) in [5.41, 5.74) is 1.91. The van der Waals surface area contributed by atoms with Crippen molar-refractivity contribution in [1.82, 2.24) is 10.2 Å². The number of aryl methyl sites for hydroxylation is 1. The zero-order valence-electron chi connectivity index (χ0n) is 20.6. The predicted octanol–water partition coefficient (Wildman–Crippen LogP) is 3.76. The van der Waals surface area contributed by atoms with Gasteiger partial charge in [-0.15, -0.1) is 0 Å². The first kappa shape index (κ1) is 28.2. The standard InChI is InChI=1S/C25H33F2N3O4S/c1-5-23(25(32)28-6-2)29(17-19-11-9-18(3)10-12-19)24(31)8-7-15-30(35(4,33)34)20-13-14-21(26)22(27)16-20/h9-14,16,23H,5-8,15,17H2,1-4H3,(H,28,32). The minimum atomic E-state index is -3.80. The van der Waals surface area contributed by atoms with Gasteiger partial charge in [0.2, 0.25) is 21.8 Å². The molecule has 1 atom stereocenters. The number of benzene rings is 2. The molecule has 2 amide bonds. The van der Waals surface area contributed by atoms with Gasteiger partial charge < -0.3 is 10.2 Å². The SMILES string of the molecule is CCNC(=O)C(CC)N(Cc1ccc(C)cc1)C(=O)CCCN(c1ccc(F)c(F)c1)S(C)(=O)=O. The number of nitrogens with zero attached hydrogens (tertiary/aromatic N) is 2. The largest absolute Gasteiger partial charge is 0.355 e. The lowest BCUT2D eigenvalue weighted by Gasteiger charge is -2.31. The maximum atomic E-state index is 13.7. The highest BCUT2D eigenvalue weighted by atomic mass is 32.2. The van der Waals surface area contributed by atoms with Crippen LogP contribution in [-0.4, -0.2) is 50.5 Å². The average molecular weight is 510 g/mol. The van der Waals surface area contributed by atoms with E-state index in [4.69, 9.17) is 0 Å². The molecule has 2 rings (SSSR count). The van der Waals surface area contributed by atoms with Crippen LogP contribution in [-0.2, 0) is 26.2 Å². The molecule has 0 aliphatic carbocycles. The second-order valence-corrected chi connectivity index (χ2v) is 10.3. The van der Waals surface area contributed by atoms with Crippen LogP contribution in [0.15, 0.2) is 42.5 Å². The fourth-order valence-electron chi connectivity index (χ4n) is 3.75. The highest BCUT2D eigenvalue weighted by Gasteiger charge is 2.28. The molecule has 2 aromatic carbocycles. The van der Waals surface area contributed by atoms with Crippen LogP contribution in [0.3, 0.4) is 0 Å². The van der Waals surface area contributed by atoms with Gasteiger partial charge in [-0.05, 0) is 44.4 Å². The Morgan fingerprint density at radius 3 is 2.23 bits per heavy atom. The Morgan fingerprint density at radius 1 is 1.03 bits per heavy atom.